The van der Waals surface area contributed by atoms with Crippen molar-refractivity contribution in [1.82, 2.24) is 0 Å². The molecule has 4 heteroatoms. The Hall–Kier alpha value is -0.870. The molecule has 0 radical (unpaired) electrons. The van der Waals surface area contributed by atoms with Crippen LogP contribution in [0.15, 0.2) is 22.7 Å². The number of halogens is 1. The van der Waals surface area contributed by atoms with E-state index in [9.17, 15) is 4.79 Å². The molecule has 1 aliphatic rings. The maximum absolute atomic E-state index is 10.7. The minimum Gasteiger partial charge on any atom is -0.383 e. The van der Waals surface area contributed by atoms with Crippen LogP contribution >= 0.6 is 15.9 Å². The number of nitrogens with zero attached hydrogens (tertiary/aromatic N) is 1. The second-order valence-corrected chi connectivity index (χ2v) is 5.10. The molecule has 2 rings (SSSR count). The van der Waals surface area contributed by atoms with E-state index in [2.05, 4.69) is 20.8 Å². The monoisotopic (exact) mass is 297 g/mol. The van der Waals surface area contributed by atoms with Crippen molar-refractivity contribution in [3.05, 3.63) is 28.2 Å². The molecule has 0 heterocycles. The lowest BCUT2D eigenvalue weighted by Gasteiger charge is -2.25. The molecule has 3 nitrogen and oxygen atoms in total. The zero-order valence-corrected chi connectivity index (χ0v) is 11.4. The normalized spacial score (nSPS) is 14.7. The van der Waals surface area contributed by atoms with Crippen molar-refractivity contribution in [3.8, 4) is 0 Å². The number of hydrogen-bond acceptors (Lipinski definition) is 3. The third-order valence-corrected chi connectivity index (χ3v) is 3.58. The number of carbonyl (C=O) groups is 1. The molecule has 1 aromatic carbocycles. The lowest BCUT2D eigenvalue weighted by atomic mass is 10.2. The van der Waals surface area contributed by atoms with Gasteiger partial charge in [-0.1, -0.05) is 0 Å². The quantitative estimate of drug-likeness (QED) is 0.756. The highest BCUT2D eigenvalue weighted by atomic mass is 79.9. The van der Waals surface area contributed by atoms with Crippen molar-refractivity contribution >= 4 is 27.9 Å². The predicted octanol–water partition coefficient (Wildman–Crippen LogP) is 2.88. The fraction of sp³-hybridized carbons (Fsp3) is 0.462. The van der Waals surface area contributed by atoms with E-state index in [4.69, 9.17) is 4.74 Å². The molecule has 92 valence electrons. The van der Waals surface area contributed by atoms with Crippen LogP contribution in [0.1, 0.15) is 23.2 Å². The number of ether oxygens (including phenoxy) is 1. The van der Waals surface area contributed by atoms with Crippen LogP contribution in [-0.2, 0) is 4.74 Å². The SMILES string of the molecule is COCCN(c1ccc(C=O)cc1Br)C1CC1. The Labute approximate surface area is 110 Å². The Morgan fingerprint density at radius 1 is 1.53 bits per heavy atom. The summed E-state index contributed by atoms with van der Waals surface area (Å²) in [5, 5.41) is 0. The van der Waals surface area contributed by atoms with Crippen molar-refractivity contribution < 1.29 is 9.53 Å². The van der Waals surface area contributed by atoms with E-state index in [0.29, 0.717) is 11.6 Å². The lowest BCUT2D eigenvalue weighted by molar-refractivity contribution is 0.112. The van der Waals surface area contributed by atoms with E-state index in [-0.39, 0.29) is 0 Å². The Morgan fingerprint density at radius 2 is 2.29 bits per heavy atom. The average Bonchev–Trinajstić information content (AvgIpc) is 3.15. The number of benzene rings is 1. The number of carbonyl (C=O) groups excluding carboxylic acids is 1. The van der Waals surface area contributed by atoms with Crippen molar-refractivity contribution in [2.24, 2.45) is 0 Å². The van der Waals surface area contributed by atoms with Crippen LogP contribution in [0.2, 0.25) is 0 Å². The van der Waals surface area contributed by atoms with Gasteiger partial charge in [-0.3, -0.25) is 4.79 Å². The summed E-state index contributed by atoms with van der Waals surface area (Å²) in [5.74, 6) is 0. The molecular weight excluding hydrogens is 282 g/mol. The molecule has 0 spiro atoms. The first-order valence-corrected chi connectivity index (χ1v) is 6.56. The van der Waals surface area contributed by atoms with Crippen LogP contribution in [0.25, 0.3) is 0 Å². The Kier molecular flexibility index (Phi) is 4.18. The molecule has 0 amide bonds. The van der Waals surface area contributed by atoms with Gasteiger partial charge in [0.1, 0.15) is 6.29 Å². The molecular formula is C13H16BrNO2. The molecule has 0 saturated heterocycles. The van der Waals surface area contributed by atoms with Crippen molar-refractivity contribution in [2.45, 2.75) is 18.9 Å². The topological polar surface area (TPSA) is 29.5 Å². The van der Waals surface area contributed by atoms with Crippen LogP contribution in [0.4, 0.5) is 5.69 Å². The second kappa shape index (κ2) is 5.65. The first-order chi connectivity index (χ1) is 8.26. The standard InChI is InChI=1S/C13H16BrNO2/c1-17-7-6-15(11-3-4-11)13-5-2-10(9-16)8-12(13)14/h2,5,8-9,11H,3-4,6-7H2,1H3. The largest absolute Gasteiger partial charge is 0.383 e. The number of aldehydes is 1. The van der Waals surface area contributed by atoms with Gasteiger partial charge < -0.3 is 9.64 Å². The van der Waals surface area contributed by atoms with E-state index in [1.165, 1.54) is 12.8 Å². The molecule has 0 unspecified atom stereocenters. The van der Waals surface area contributed by atoms with Gasteiger partial charge in [0.05, 0.1) is 12.3 Å². The van der Waals surface area contributed by atoms with Gasteiger partial charge >= 0.3 is 0 Å². The lowest BCUT2D eigenvalue weighted by Crippen LogP contribution is -2.29. The van der Waals surface area contributed by atoms with Gasteiger partial charge in [-0.2, -0.15) is 0 Å². The highest BCUT2D eigenvalue weighted by Crippen LogP contribution is 2.35. The Morgan fingerprint density at radius 3 is 2.82 bits per heavy atom. The van der Waals surface area contributed by atoms with E-state index >= 15 is 0 Å². The Bertz CT molecular complexity index is 404. The number of anilines is 1. The molecule has 1 fully saturated rings. The molecule has 17 heavy (non-hydrogen) atoms. The van der Waals surface area contributed by atoms with Crippen molar-refractivity contribution in [1.29, 1.82) is 0 Å². The van der Waals surface area contributed by atoms with Crippen LogP contribution < -0.4 is 4.90 Å². The van der Waals surface area contributed by atoms with Gasteiger partial charge in [0.15, 0.2) is 0 Å². The first kappa shape index (κ1) is 12.6. The molecule has 1 aromatic rings. The van der Waals surface area contributed by atoms with Crippen molar-refractivity contribution in [2.75, 3.05) is 25.2 Å². The second-order valence-electron chi connectivity index (χ2n) is 4.25. The van der Waals surface area contributed by atoms with E-state index in [1.807, 2.05) is 18.2 Å². The fourth-order valence-electron chi connectivity index (χ4n) is 1.90. The maximum Gasteiger partial charge on any atom is 0.150 e. The average molecular weight is 298 g/mol. The third-order valence-electron chi connectivity index (χ3n) is 2.94. The number of hydrogen-bond donors (Lipinski definition) is 0. The highest BCUT2D eigenvalue weighted by Gasteiger charge is 2.29. The summed E-state index contributed by atoms with van der Waals surface area (Å²) in [5.41, 5.74) is 1.85. The van der Waals surface area contributed by atoms with Gasteiger partial charge in [0.25, 0.3) is 0 Å². The van der Waals surface area contributed by atoms with E-state index in [1.54, 1.807) is 7.11 Å². The van der Waals surface area contributed by atoms with E-state index < -0.39 is 0 Å². The number of rotatable bonds is 6. The summed E-state index contributed by atoms with van der Waals surface area (Å²) >= 11 is 3.54. The van der Waals surface area contributed by atoms with Gasteiger partial charge in [0.2, 0.25) is 0 Å². The van der Waals surface area contributed by atoms with Gasteiger partial charge in [-0.25, -0.2) is 0 Å². The van der Waals surface area contributed by atoms with Crippen LogP contribution in [0.5, 0.6) is 0 Å². The molecule has 0 atom stereocenters. The van der Waals surface area contributed by atoms with Gasteiger partial charge in [0, 0.05) is 29.7 Å². The van der Waals surface area contributed by atoms with Crippen molar-refractivity contribution in [3.63, 3.8) is 0 Å². The van der Waals surface area contributed by atoms with Crippen LogP contribution in [0.3, 0.4) is 0 Å². The summed E-state index contributed by atoms with van der Waals surface area (Å²) in [7, 11) is 1.72. The summed E-state index contributed by atoms with van der Waals surface area (Å²) in [6, 6.07) is 6.35. The molecule has 0 N–H and O–H groups in total. The summed E-state index contributed by atoms with van der Waals surface area (Å²) in [6.07, 6.45) is 3.35. The zero-order chi connectivity index (χ0) is 12.3. The minimum atomic E-state index is 0.628. The summed E-state index contributed by atoms with van der Waals surface area (Å²) in [4.78, 5) is 13.1. The smallest absolute Gasteiger partial charge is 0.150 e. The van der Waals surface area contributed by atoms with Gasteiger partial charge in [-0.05, 0) is 47.0 Å². The maximum atomic E-state index is 10.7. The fourth-order valence-corrected chi connectivity index (χ4v) is 2.53. The third kappa shape index (κ3) is 3.07. The van der Waals surface area contributed by atoms with Gasteiger partial charge in [-0.15, -0.1) is 0 Å². The van der Waals surface area contributed by atoms with Crippen LogP contribution in [0, 0.1) is 0 Å². The Balaban J connectivity index is 2.19. The molecule has 0 aliphatic heterocycles. The summed E-state index contributed by atoms with van der Waals surface area (Å²) in [6.45, 7) is 1.61. The van der Waals surface area contributed by atoms with Crippen LogP contribution in [-0.4, -0.2) is 32.6 Å². The highest BCUT2D eigenvalue weighted by molar-refractivity contribution is 9.10. The zero-order valence-electron chi connectivity index (χ0n) is 9.86. The molecule has 0 bridgehead atoms. The molecule has 1 aliphatic carbocycles. The number of methoxy groups -OCH3 is 1. The summed E-state index contributed by atoms with van der Waals surface area (Å²) < 4.78 is 6.12. The molecule has 1 saturated carbocycles. The minimum absolute atomic E-state index is 0.628. The van der Waals surface area contributed by atoms with E-state index in [0.717, 1.165) is 29.6 Å². The predicted molar refractivity (Wildman–Crippen MR) is 71.8 cm³/mol. The first-order valence-electron chi connectivity index (χ1n) is 5.76. The molecule has 0 aromatic heterocycles.